The molecular formula is C30H34Cl2N2O2S. The normalized spacial score (nSPS) is 12.2. The van der Waals surface area contributed by atoms with Crippen molar-refractivity contribution >= 4 is 46.8 Å². The highest BCUT2D eigenvalue weighted by molar-refractivity contribution is 7.99. The van der Waals surface area contributed by atoms with Crippen LogP contribution < -0.4 is 5.32 Å². The fourth-order valence-corrected chi connectivity index (χ4v) is 5.42. The maximum Gasteiger partial charge on any atom is 0.243 e. The molecule has 7 heteroatoms. The standard InChI is InChI=1S/C30H34Cl2N2O2S/c1-21-10-8-9-13-23(21)18-34(28(35)20-37-19-24-14-15-25(31)17-26(24)32)27(29(36)33-30(2,3)4)16-22-11-6-5-7-12-22/h5-15,17,27H,16,18-20H2,1-4H3,(H,33,36)/t27-/m1/s1. The molecule has 0 aliphatic carbocycles. The van der Waals surface area contributed by atoms with Gasteiger partial charge in [-0.05, 0) is 62.1 Å². The second-order valence-corrected chi connectivity index (χ2v) is 12.0. The van der Waals surface area contributed by atoms with Gasteiger partial charge in [0.1, 0.15) is 6.04 Å². The van der Waals surface area contributed by atoms with Gasteiger partial charge in [0.2, 0.25) is 11.8 Å². The van der Waals surface area contributed by atoms with E-state index < -0.39 is 11.6 Å². The number of hydrogen-bond donors (Lipinski definition) is 1. The molecule has 3 aromatic carbocycles. The lowest BCUT2D eigenvalue weighted by Crippen LogP contribution is -2.54. The number of nitrogens with zero attached hydrogens (tertiary/aromatic N) is 1. The predicted octanol–water partition coefficient (Wildman–Crippen LogP) is 7.09. The highest BCUT2D eigenvalue weighted by Gasteiger charge is 2.32. The van der Waals surface area contributed by atoms with Crippen molar-refractivity contribution in [3.05, 3.63) is 105 Å². The zero-order chi connectivity index (χ0) is 27.0. The molecule has 3 aromatic rings. The summed E-state index contributed by atoms with van der Waals surface area (Å²) in [5, 5.41) is 4.26. The molecule has 196 valence electrons. The van der Waals surface area contributed by atoms with E-state index in [1.165, 1.54) is 11.8 Å². The van der Waals surface area contributed by atoms with Crippen LogP contribution in [0.2, 0.25) is 10.0 Å². The lowest BCUT2D eigenvalue weighted by Gasteiger charge is -2.34. The third kappa shape index (κ3) is 9.10. The summed E-state index contributed by atoms with van der Waals surface area (Å²) < 4.78 is 0. The van der Waals surface area contributed by atoms with Crippen LogP contribution in [0.15, 0.2) is 72.8 Å². The van der Waals surface area contributed by atoms with Gasteiger partial charge in [-0.25, -0.2) is 0 Å². The predicted molar refractivity (Wildman–Crippen MR) is 156 cm³/mol. The van der Waals surface area contributed by atoms with Gasteiger partial charge < -0.3 is 10.2 Å². The first-order valence-electron chi connectivity index (χ1n) is 12.2. The highest BCUT2D eigenvalue weighted by Crippen LogP contribution is 2.26. The van der Waals surface area contributed by atoms with Crippen LogP contribution >= 0.6 is 35.0 Å². The maximum atomic E-state index is 13.8. The number of aryl methyl sites for hydroxylation is 1. The van der Waals surface area contributed by atoms with Crippen LogP contribution in [-0.2, 0) is 28.3 Å². The Balaban J connectivity index is 1.88. The van der Waals surface area contributed by atoms with Crippen LogP contribution in [0.1, 0.15) is 43.0 Å². The van der Waals surface area contributed by atoms with E-state index in [4.69, 9.17) is 23.2 Å². The minimum absolute atomic E-state index is 0.0941. The Hall–Kier alpha value is -2.47. The fraction of sp³-hybridized carbons (Fsp3) is 0.333. The van der Waals surface area contributed by atoms with Crippen LogP contribution in [0.4, 0.5) is 0 Å². The molecule has 0 saturated heterocycles. The zero-order valence-electron chi connectivity index (χ0n) is 21.8. The summed E-state index contributed by atoms with van der Waals surface area (Å²) in [5.74, 6) is 0.531. The first kappa shape index (κ1) is 29.1. The van der Waals surface area contributed by atoms with Gasteiger partial charge in [-0.15, -0.1) is 11.8 Å². The molecule has 0 heterocycles. The van der Waals surface area contributed by atoms with Crippen molar-refractivity contribution in [2.45, 2.75) is 58.0 Å². The Morgan fingerprint density at radius 1 is 0.946 bits per heavy atom. The maximum absolute atomic E-state index is 13.8. The molecule has 0 aliphatic rings. The largest absolute Gasteiger partial charge is 0.350 e. The van der Waals surface area contributed by atoms with Crippen molar-refractivity contribution in [3.63, 3.8) is 0 Å². The van der Waals surface area contributed by atoms with E-state index in [0.717, 1.165) is 22.3 Å². The number of thioether (sulfide) groups is 1. The van der Waals surface area contributed by atoms with Gasteiger partial charge in [0, 0.05) is 34.3 Å². The molecule has 4 nitrogen and oxygen atoms in total. The van der Waals surface area contributed by atoms with Crippen LogP contribution in [0.5, 0.6) is 0 Å². The summed E-state index contributed by atoms with van der Waals surface area (Å²) in [5.41, 5.74) is 3.59. The number of carbonyl (C=O) groups excluding carboxylic acids is 2. The van der Waals surface area contributed by atoms with Gasteiger partial charge in [-0.1, -0.05) is 83.9 Å². The van der Waals surface area contributed by atoms with Gasteiger partial charge in [-0.3, -0.25) is 9.59 Å². The van der Waals surface area contributed by atoms with Crippen molar-refractivity contribution in [1.29, 1.82) is 0 Å². The zero-order valence-corrected chi connectivity index (χ0v) is 24.1. The van der Waals surface area contributed by atoms with Gasteiger partial charge >= 0.3 is 0 Å². The number of amides is 2. The first-order valence-corrected chi connectivity index (χ1v) is 14.2. The van der Waals surface area contributed by atoms with Crippen molar-refractivity contribution in [1.82, 2.24) is 10.2 Å². The van der Waals surface area contributed by atoms with Gasteiger partial charge in [0.15, 0.2) is 0 Å². The van der Waals surface area contributed by atoms with Crippen LogP contribution in [0.25, 0.3) is 0 Å². The van der Waals surface area contributed by atoms with E-state index in [-0.39, 0.29) is 17.6 Å². The third-order valence-corrected chi connectivity index (χ3v) is 7.42. The van der Waals surface area contributed by atoms with E-state index in [1.54, 1.807) is 17.0 Å². The molecule has 0 saturated carbocycles. The Labute approximate surface area is 234 Å². The Morgan fingerprint density at radius 3 is 2.27 bits per heavy atom. The molecule has 0 spiro atoms. The molecule has 3 rings (SSSR count). The number of nitrogens with one attached hydrogen (secondary N) is 1. The average molecular weight is 558 g/mol. The quantitative estimate of drug-likeness (QED) is 0.290. The van der Waals surface area contributed by atoms with E-state index in [1.807, 2.05) is 88.4 Å². The van der Waals surface area contributed by atoms with Gasteiger partial charge in [0.25, 0.3) is 0 Å². The summed E-state index contributed by atoms with van der Waals surface area (Å²) >= 11 is 13.8. The molecule has 1 N–H and O–H groups in total. The summed E-state index contributed by atoms with van der Waals surface area (Å²) in [6.45, 7) is 8.22. The summed E-state index contributed by atoms with van der Waals surface area (Å²) in [4.78, 5) is 29.1. The van der Waals surface area contributed by atoms with Gasteiger partial charge in [0.05, 0.1) is 5.75 Å². The summed E-state index contributed by atoms with van der Waals surface area (Å²) in [6, 6.07) is 22.5. The molecule has 2 amide bonds. The molecule has 0 aromatic heterocycles. The van der Waals surface area contributed by atoms with Crippen LogP contribution in [0, 0.1) is 6.92 Å². The van der Waals surface area contributed by atoms with E-state index in [0.29, 0.717) is 28.8 Å². The Bertz CT molecular complexity index is 1210. The number of carbonyl (C=O) groups is 2. The number of hydrogen-bond acceptors (Lipinski definition) is 3. The molecule has 37 heavy (non-hydrogen) atoms. The minimum atomic E-state index is -0.659. The third-order valence-electron chi connectivity index (χ3n) is 5.87. The molecule has 0 bridgehead atoms. The van der Waals surface area contributed by atoms with Crippen molar-refractivity contribution < 1.29 is 9.59 Å². The SMILES string of the molecule is Cc1ccccc1CN(C(=O)CSCc1ccc(Cl)cc1Cl)[C@H](Cc1ccccc1)C(=O)NC(C)(C)C. The van der Waals surface area contributed by atoms with Crippen molar-refractivity contribution in [3.8, 4) is 0 Å². The lowest BCUT2D eigenvalue weighted by molar-refractivity contribution is -0.140. The Morgan fingerprint density at radius 2 is 1.62 bits per heavy atom. The molecule has 0 fully saturated rings. The smallest absolute Gasteiger partial charge is 0.243 e. The second kappa shape index (κ2) is 13.4. The number of rotatable bonds is 10. The summed E-state index contributed by atoms with van der Waals surface area (Å²) in [6.07, 6.45) is 0.425. The second-order valence-electron chi connectivity index (χ2n) is 10.1. The van der Waals surface area contributed by atoms with E-state index in [9.17, 15) is 9.59 Å². The monoisotopic (exact) mass is 556 g/mol. The van der Waals surface area contributed by atoms with Crippen LogP contribution in [-0.4, -0.2) is 34.0 Å². The lowest BCUT2D eigenvalue weighted by atomic mass is 10.00. The number of benzene rings is 3. The summed E-state index contributed by atoms with van der Waals surface area (Å²) in [7, 11) is 0. The molecule has 0 aliphatic heterocycles. The van der Waals surface area contributed by atoms with E-state index >= 15 is 0 Å². The highest BCUT2D eigenvalue weighted by atomic mass is 35.5. The first-order chi connectivity index (χ1) is 17.5. The van der Waals surface area contributed by atoms with E-state index in [2.05, 4.69) is 5.32 Å². The van der Waals surface area contributed by atoms with Crippen molar-refractivity contribution in [2.75, 3.05) is 5.75 Å². The topological polar surface area (TPSA) is 49.4 Å². The van der Waals surface area contributed by atoms with Crippen LogP contribution in [0.3, 0.4) is 0 Å². The minimum Gasteiger partial charge on any atom is -0.350 e. The Kier molecular flexibility index (Phi) is 10.5. The molecular weight excluding hydrogens is 523 g/mol. The average Bonchev–Trinajstić information content (AvgIpc) is 2.83. The molecule has 0 unspecified atom stereocenters. The molecule has 1 atom stereocenters. The van der Waals surface area contributed by atoms with Crippen molar-refractivity contribution in [2.24, 2.45) is 0 Å². The fourth-order valence-electron chi connectivity index (χ4n) is 3.95. The number of halogens is 2. The van der Waals surface area contributed by atoms with Gasteiger partial charge in [-0.2, -0.15) is 0 Å². The molecule has 0 radical (unpaired) electrons.